The number of carbonyl (C=O) groups excluding carboxylic acids is 1. The van der Waals surface area contributed by atoms with E-state index in [2.05, 4.69) is 0 Å². The normalized spacial score (nSPS) is 18.2. The molecule has 2 fully saturated rings. The fourth-order valence-corrected chi connectivity index (χ4v) is 5.08. The Bertz CT molecular complexity index is 1060. The van der Waals surface area contributed by atoms with E-state index >= 15 is 0 Å². The summed E-state index contributed by atoms with van der Waals surface area (Å²) in [5, 5.41) is 4.71. The van der Waals surface area contributed by atoms with E-state index in [9.17, 15) is 9.18 Å². The van der Waals surface area contributed by atoms with Crippen LogP contribution in [0.5, 0.6) is 0 Å². The van der Waals surface area contributed by atoms with Crippen LogP contribution in [0.15, 0.2) is 42.6 Å². The number of pyridine rings is 1. The van der Waals surface area contributed by atoms with Gasteiger partial charge < -0.3 is 4.90 Å². The molecule has 1 aromatic carbocycles. The van der Waals surface area contributed by atoms with Gasteiger partial charge in [-0.05, 0) is 55.0 Å². The number of fused-ring (bicyclic) bond motifs is 1. The third kappa shape index (κ3) is 4.48. The molecule has 0 unspecified atom stereocenters. The first-order valence-corrected chi connectivity index (χ1v) is 11.6. The molecule has 31 heavy (non-hydrogen) atoms. The van der Waals surface area contributed by atoms with E-state index in [1.165, 1.54) is 37.8 Å². The van der Waals surface area contributed by atoms with E-state index in [4.69, 9.17) is 10.1 Å². The zero-order chi connectivity index (χ0) is 21.2. The van der Waals surface area contributed by atoms with Crippen LogP contribution >= 0.6 is 0 Å². The van der Waals surface area contributed by atoms with Gasteiger partial charge >= 0.3 is 0 Å². The molecule has 2 aliphatic rings. The minimum absolute atomic E-state index is 0.249. The minimum Gasteiger partial charge on any atom is -0.343 e. The Morgan fingerprint density at radius 2 is 1.84 bits per heavy atom. The molecule has 1 amide bonds. The lowest BCUT2D eigenvalue weighted by Gasteiger charge is -2.31. The van der Waals surface area contributed by atoms with Crippen LogP contribution in [0.1, 0.15) is 63.1 Å². The molecule has 1 saturated heterocycles. The third-order valence-electron chi connectivity index (χ3n) is 6.96. The van der Waals surface area contributed by atoms with Gasteiger partial charge in [-0.25, -0.2) is 13.9 Å². The van der Waals surface area contributed by atoms with E-state index in [1.807, 2.05) is 29.3 Å². The summed E-state index contributed by atoms with van der Waals surface area (Å²) >= 11 is 0. The van der Waals surface area contributed by atoms with E-state index in [0.29, 0.717) is 12.3 Å². The number of piperidine rings is 1. The number of benzene rings is 1. The lowest BCUT2D eigenvalue weighted by molar-refractivity contribution is -0.132. The predicted octanol–water partition coefficient (Wildman–Crippen LogP) is 5.21. The van der Waals surface area contributed by atoms with Gasteiger partial charge in [0.05, 0.1) is 0 Å². The van der Waals surface area contributed by atoms with Crippen molar-refractivity contribution >= 4 is 11.6 Å². The molecule has 0 N–H and O–H groups in total. The number of nitrogens with zero attached hydrogens (tertiary/aromatic N) is 4. The molecular weight excluding hydrogens is 391 g/mol. The Labute approximate surface area is 182 Å². The zero-order valence-electron chi connectivity index (χ0n) is 17.8. The van der Waals surface area contributed by atoms with Crippen LogP contribution in [0.3, 0.4) is 0 Å². The maximum absolute atomic E-state index is 13.6. The van der Waals surface area contributed by atoms with Gasteiger partial charge in [0.15, 0.2) is 11.5 Å². The quantitative estimate of drug-likeness (QED) is 0.569. The molecule has 1 aliphatic heterocycles. The van der Waals surface area contributed by atoms with E-state index in [-0.39, 0.29) is 11.7 Å². The largest absolute Gasteiger partial charge is 0.343 e. The van der Waals surface area contributed by atoms with Crippen LogP contribution in [0, 0.1) is 11.7 Å². The highest BCUT2D eigenvalue weighted by Crippen LogP contribution is 2.30. The van der Waals surface area contributed by atoms with E-state index in [1.54, 1.807) is 10.6 Å². The van der Waals surface area contributed by atoms with Gasteiger partial charge in [0.25, 0.3) is 0 Å². The monoisotopic (exact) mass is 420 g/mol. The predicted molar refractivity (Wildman–Crippen MR) is 118 cm³/mol. The molecule has 3 aromatic rings. The summed E-state index contributed by atoms with van der Waals surface area (Å²) in [5.74, 6) is 1.95. The molecule has 0 spiro atoms. The van der Waals surface area contributed by atoms with Crippen molar-refractivity contribution in [3.8, 4) is 11.1 Å². The van der Waals surface area contributed by atoms with Crippen molar-refractivity contribution in [2.75, 3.05) is 13.1 Å². The summed E-state index contributed by atoms with van der Waals surface area (Å²) in [5.41, 5.74) is 2.53. The van der Waals surface area contributed by atoms with Crippen LogP contribution in [0.4, 0.5) is 4.39 Å². The Morgan fingerprint density at radius 1 is 1.03 bits per heavy atom. The number of carbonyl (C=O) groups is 1. The Morgan fingerprint density at radius 3 is 2.61 bits per heavy atom. The van der Waals surface area contributed by atoms with Crippen molar-refractivity contribution in [1.29, 1.82) is 0 Å². The average molecular weight is 421 g/mol. The molecule has 2 aromatic heterocycles. The molecule has 1 aliphatic carbocycles. The molecule has 5 nitrogen and oxygen atoms in total. The van der Waals surface area contributed by atoms with E-state index < -0.39 is 0 Å². The van der Waals surface area contributed by atoms with E-state index in [0.717, 1.165) is 60.9 Å². The molecule has 5 rings (SSSR count). The molecule has 162 valence electrons. The fraction of sp³-hybridized carbons (Fsp3) is 0.480. The maximum atomic E-state index is 13.6. The van der Waals surface area contributed by atoms with Crippen molar-refractivity contribution in [2.24, 2.45) is 5.92 Å². The van der Waals surface area contributed by atoms with Gasteiger partial charge in [0, 0.05) is 37.2 Å². The lowest BCUT2D eigenvalue weighted by atomic mass is 9.95. The number of rotatable bonds is 5. The topological polar surface area (TPSA) is 50.5 Å². The maximum Gasteiger partial charge on any atom is 0.222 e. The van der Waals surface area contributed by atoms with Gasteiger partial charge in [0.1, 0.15) is 5.82 Å². The number of aromatic nitrogens is 3. The fourth-order valence-electron chi connectivity index (χ4n) is 5.08. The first-order chi connectivity index (χ1) is 15.2. The zero-order valence-corrected chi connectivity index (χ0v) is 17.8. The highest BCUT2D eigenvalue weighted by atomic mass is 19.1. The smallest absolute Gasteiger partial charge is 0.222 e. The number of likely N-dealkylation sites (tertiary alicyclic amines) is 1. The van der Waals surface area contributed by atoms with Crippen LogP contribution in [-0.4, -0.2) is 38.5 Å². The van der Waals surface area contributed by atoms with Gasteiger partial charge in [-0.3, -0.25) is 4.79 Å². The average Bonchev–Trinajstić information content (AvgIpc) is 3.47. The summed E-state index contributed by atoms with van der Waals surface area (Å²) < 4.78 is 15.4. The first-order valence-electron chi connectivity index (χ1n) is 11.6. The molecule has 0 atom stereocenters. The van der Waals surface area contributed by atoms with Gasteiger partial charge in [-0.1, -0.05) is 37.8 Å². The third-order valence-corrected chi connectivity index (χ3v) is 6.96. The van der Waals surface area contributed by atoms with Gasteiger partial charge in [0.2, 0.25) is 5.91 Å². The summed E-state index contributed by atoms with van der Waals surface area (Å²) in [6.45, 7) is 1.58. The van der Waals surface area contributed by atoms with Crippen LogP contribution in [0.2, 0.25) is 0 Å². The Hall–Kier alpha value is -2.76. The molecule has 0 bridgehead atoms. The molecule has 0 radical (unpaired) electrons. The second-order valence-electron chi connectivity index (χ2n) is 9.05. The molecular formula is C25H29FN4O. The number of hydrogen-bond donors (Lipinski definition) is 0. The van der Waals surface area contributed by atoms with Crippen LogP contribution in [-0.2, 0) is 4.79 Å². The standard InChI is InChI=1S/C25H29FN4O/c26-22-7-3-6-20(16-22)21-9-10-23-27-25(28-30(23)17-21)19-12-14-29(15-13-19)24(31)11-8-18-4-1-2-5-18/h3,6-7,9-10,16-19H,1-2,4-5,8,11-15H2. The SMILES string of the molecule is O=C(CCC1CCCC1)N1CCC(c2nc3ccc(-c4cccc(F)c4)cn3n2)CC1. The number of halogens is 1. The Balaban J connectivity index is 1.22. The van der Waals surface area contributed by atoms with Gasteiger partial charge in [-0.2, -0.15) is 5.10 Å². The molecule has 3 heterocycles. The first kappa shape index (κ1) is 20.2. The second kappa shape index (κ2) is 8.77. The summed E-state index contributed by atoms with van der Waals surface area (Å²) in [6, 6.07) is 10.5. The molecule has 6 heteroatoms. The summed E-state index contributed by atoms with van der Waals surface area (Å²) in [7, 11) is 0. The Kier molecular flexibility index (Phi) is 5.70. The lowest BCUT2D eigenvalue weighted by Crippen LogP contribution is -2.38. The second-order valence-corrected chi connectivity index (χ2v) is 9.05. The van der Waals surface area contributed by atoms with Crippen molar-refractivity contribution in [2.45, 2.75) is 57.3 Å². The van der Waals surface area contributed by atoms with Crippen molar-refractivity contribution < 1.29 is 9.18 Å². The summed E-state index contributed by atoms with van der Waals surface area (Å²) in [6.07, 6.45) is 10.7. The van der Waals surface area contributed by atoms with Crippen molar-refractivity contribution in [1.82, 2.24) is 19.5 Å². The highest BCUT2D eigenvalue weighted by molar-refractivity contribution is 5.76. The highest BCUT2D eigenvalue weighted by Gasteiger charge is 2.27. The molecule has 1 saturated carbocycles. The van der Waals surface area contributed by atoms with Crippen LogP contribution in [0.25, 0.3) is 16.8 Å². The van der Waals surface area contributed by atoms with Crippen molar-refractivity contribution in [3.05, 3.63) is 54.2 Å². The number of amides is 1. The van der Waals surface area contributed by atoms with Crippen molar-refractivity contribution in [3.63, 3.8) is 0 Å². The number of hydrogen-bond acceptors (Lipinski definition) is 3. The summed E-state index contributed by atoms with van der Waals surface area (Å²) in [4.78, 5) is 19.4. The van der Waals surface area contributed by atoms with Crippen LogP contribution < -0.4 is 0 Å². The van der Waals surface area contributed by atoms with Gasteiger partial charge in [-0.15, -0.1) is 0 Å². The minimum atomic E-state index is -0.249.